The standard InChI is InChI=1S/C20H28N4O/c1-16(2)23-20-21-12-18(13-22-20)14-24-10-11-25-19(15-24)9-8-17-6-4-3-5-7-17/h3-7,12-13,16,19H,8-11,14-15H2,1-2H3,(H,21,22,23)/t19-/m1/s1. The lowest BCUT2D eigenvalue weighted by molar-refractivity contribution is -0.0346. The Kier molecular flexibility index (Phi) is 6.36. The largest absolute Gasteiger partial charge is 0.376 e. The van der Waals surface area contributed by atoms with E-state index in [2.05, 4.69) is 64.4 Å². The molecule has 0 spiro atoms. The summed E-state index contributed by atoms with van der Waals surface area (Å²) in [5.74, 6) is 0.696. The van der Waals surface area contributed by atoms with Crippen molar-refractivity contribution in [3.63, 3.8) is 0 Å². The van der Waals surface area contributed by atoms with Gasteiger partial charge in [0.15, 0.2) is 0 Å². The molecular weight excluding hydrogens is 312 g/mol. The number of hydrogen-bond acceptors (Lipinski definition) is 5. The normalized spacial score (nSPS) is 18.4. The summed E-state index contributed by atoms with van der Waals surface area (Å²) in [6, 6.07) is 11.0. The van der Waals surface area contributed by atoms with Gasteiger partial charge >= 0.3 is 0 Å². The molecular formula is C20H28N4O. The lowest BCUT2D eigenvalue weighted by atomic mass is 10.1. The van der Waals surface area contributed by atoms with Gasteiger partial charge in [0.25, 0.3) is 0 Å². The minimum Gasteiger partial charge on any atom is -0.376 e. The average Bonchev–Trinajstić information content (AvgIpc) is 2.62. The van der Waals surface area contributed by atoms with E-state index >= 15 is 0 Å². The summed E-state index contributed by atoms with van der Waals surface area (Å²) in [5, 5.41) is 3.22. The SMILES string of the molecule is CC(C)Nc1ncc(CN2CCO[C@H](CCc3ccccc3)C2)cn1. The first-order valence-corrected chi connectivity index (χ1v) is 9.14. The van der Waals surface area contributed by atoms with Crippen molar-refractivity contribution in [2.75, 3.05) is 25.0 Å². The highest BCUT2D eigenvalue weighted by molar-refractivity contribution is 5.25. The molecule has 25 heavy (non-hydrogen) atoms. The van der Waals surface area contributed by atoms with Gasteiger partial charge in [0.05, 0.1) is 12.7 Å². The van der Waals surface area contributed by atoms with E-state index in [9.17, 15) is 0 Å². The number of ether oxygens (including phenoxy) is 1. The Morgan fingerprint density at radius 3 is 2.64 bits per heavy atom. The lowest BCUT2D eigenvalue weighted by Gasteiger charge is -2.33. The molecule has 0 saturated carbocycles. The number of hydrogen-bond donors (Lipinski definition) is 1. The molecule has 0 aliphatic carbocycles. The van der Waals surface area contributed by atoms with Gasteiger partial charge in [-0.1, -0.05) is 30.3 Å². The molecule has 1 saturated heterocycles. The van der Waals surface area contributed by atoms with E-state index in [1.54, 1.807) is 0 Å². The van der Waals surface area contributed by atoms with Crippen LogP contribution in [-0.4, -0.2) is 46.7 Å². The monoisotopic (exact) mass is 340 g/mol. The summed E-state index contributed by atoms with van der Waals surface area (Å²) in [4.78, 5) is 11.2. The number of anilines is 1. The second-order valence-corrected chi connectivity index (χ2v) is 6.97. The van der Waals surface area contributed by atoms with Crippen molar-refractivity contribution in [1.82, 2.24) is 14.9 Å². The van der Waals surface area contributed by atoms with Gasteiger partial charge in [-0.3, -0.25) is 4.90 Å². The Labute approximate surface area is 150 Å². The summed E-state index contributed by atoms with van der Waals surface area (Å²) in [6.07, 6.45) is 6.28. The predicted molar refractivity (Wildman–Crippen MR) is 101 cm³/mol. The highest BCUT2D eigenvalue weighted by Gasteiger charge is 2.20. The Morgan fingerprint density at radius 1 is 1.16 bits per heavy atom. The van der Waals surface area contributed by atoms with Gasteiger partial charge in [-0.05, 0) is 32.3 Å². The van der Waals surface area contributed by atoms with Crippen molar-refractivity contribution >= 4 is 5.95 Å². The highest BCUT2D eigenvalue weighted by Crippen LogP contribution is 2.15. The van der Waals surface area contributed by atoms with Crippen LogP contribution in [0.25, 0.3) is 0 Å². The van der Waals surface area contributed by atoms with Crippen LogP contribution in [-0.2, 0) is 17.7 Å². The van der Waals surface area contributed by atoms with E-state index in [1.807, 2.05) is 12.4 Å². The molecule has 1 aliphatic rings. The molecule has 1 atom stereocenters. The van der Waals surface area contributed by atoms with Crippen LogP contribution < -0.4 is 5.32 Å². The fourth-order valence-electron chi connectivity index (χ4n) is 3.10. The zero-order chi connectivity index (χ0) is 17.5. The van der Waals surface area contributed by atoms with Crippen molar-refractivity contribution in [2.45, 2.75) is 45.4 Å². The Balaban J connectivity index is 1.48. The Bertz CT molecular complexity index is 630. The molecule has 0 amide bonds. The molecule has 2 aromatic rings. The van der Waals surface area contributed by atoms with E-state index in [0.29, 0.717) is 18.1 Å². The molecule has 1 aromatic heterocycles. The maximum absolute atomic E-state index is 5.95. The molecule has 2 heterocycles. The molecule has 5 nitrogen and oxygen atoms in total. The number of morpholine rings is 1. The van der Waals surface area contributed by atoms with Gasteiger partial charge in [0.1, 0.15) is 0 Å². The molecule has 134 valence electrons. The van der Waals surface area contributed by atoms with Crippen LogP contribution in [0.1, 0.15) is 31.4 Å². The van der Waals surface area contributed by atoms with Gasteiger partial charge in [-0.2, -0.15) is 0 Å². The predicted octanol–water partition coefficient (Wildman–Crippen LogP) is 3.13. The van der Waals surface area contributed by atoms with Crippen LogP contribution in [0.15, 0.2) is 42.7 Å². The van der Waals surface area contributed by atoms with Crippen LogP contribution in [0.4, 0.5) is 5.95 Å². The number of aromatic nitrogens is 2. The van der Waals surface area contributed by atoms with Crippen molar-refractivity contribution in [2.24, 2.45) is 0 Å². The van der Waals surface area contributed by atoms with Gasteiger partial charge in [-0.25, -0.2) is 9.97 Å². The van der Waals surface area contributed by atoms with Crippen molar-refractivity contribution in [3.8, 4) is 0 Å². The summed E-state index contributed by atoms with van der Waals surface area (Å²) >= 11 is 0. The second-order valence-electron chi connectivity index (χ2n) is 6.97. The van der Waals surface area contributed by atoms with Gasteiger partial charge < -0.3 is 10.1 Å². The first-order valence-electron chi connectivity index (χ1n) is 9.14. The molecule has 1 aromatic carbocycles. The van der Waals surface area contributed by atoms with Crippen LogP contribution in [0.2, 0.25) is 0 Å². The maximum atomic E-state index is 5.95. The fraction of sp³-hybridized carbons (Fsp3) is 0.500. The van der Waals surface area contributed by atoms with E-state index < -0.39 is 0 Å². The van der Waals surface area contributed by atoms with E-state index in [4.69, 9.17) is 4.74 Å². The number of aryl methyl sites for hydroxylation is 1. The topological polar surface area (TPSA) is 50.3 Å². The minimum atomic E-state index is 0.303. The molecule has 5 heteroatoms. The van der Waals surface area contributed by atoms with Crippen molar-refractivity contribution in [1.29, 1.82) is 0 Å². The smallest absolute Gasteiger partial charge is 0.222 e. The summed E-state index contributed by atoms with van der Waals surface area (Å²) < 4.78 is 5.95. The average molecular weight is 340 g/mol. The van der Waals surface area contributed by atoms with Gasteiger partial charge in [-0.15, -0.1) is 0 Å². The van der Waals surface area contributed by atoms with Gasteiger partial charge in [0.2, 0.25) is 5.95 Å². The molecule has 0 unspecified atom stereocenters. The molecule has 1 N–H and O–H groups in total. The Morgan fingerprint density at radius 2 is 1.92 bits per heavy atom. The minimum absolute atomic E-state index is 0.303. The lowest BCUT2D eigenvalue weighted by Crippen LogP contribution is -2.42. The van der Waals surface area contributed by atoms with Crippen LogP contribution in [0.3, 0.4) is 0 Å². The van der Waals surface area contributed by atoms with E-state index in [0.717, 1.165) is 44.6 Å². The number of benzene rings is 1. The molecule has 1 fully saturated rings. The molecule has 0 radical (unpaired) electrons. The second kappa shape index (κ2) is 8.92. The van der Waals surface area contributed by atoms with Crippen LogP contribution >= 0.6 is 0 Å². The van der Waals surface area contributed by atoms with Gasteiger partial charge in [0, 0.05) is 43.6 Å². The van der Waals surface area contributed by atoms with Crippen molar-refractivity contribution in [3.05, 3.63) is 53.9 Å². The summed E-state index contributed by atoms with van der Waals surface area (Å²) in [5.41, 5.74) is 2.53. The zero-order valence-electron chi connectivity index (χ0n) is 15.2. The first kappa shape index (κ1) is 17.8. The maximum Gasteiger partial charge on any atom is 0.222 e. The third-order valence-electron chi connectivity index (χ3n) is 4.35. The number of nitrogens with one attached hydrogen (secondary N) is 1. The van der Waals surface area contributed by atoms with Crippen LogP contribution in [0, 0.1) is 0 Å². The molecule has 3 rings (SSSR count). The first-order chi connectivity index (χ1) is 12.2. The summed E-state index contributed by atoms with van der Waals surface area (Å²) in [6.45, 7) is 7.79. The number of rotatable bonds is 7. The van der Waals surface area contributed by atoms with E-state index in [-0.39, 0.29) is 0 Å². The third kappa shape index (κ3) is 5.80. The van der Waals surface area contributed by atoms with Crippen LogP contribution in [0.5, 0.6) is 0 Å². The quantitative estimate of drug-likeness (QED) is 0.839. The number of nitrogens with zero attached hydrogens (tertiary/aromatic N) is 3. The summed E-state index contributed by atoms with van der Waals surface area (Å²) in [7, 11) is 0. The third-order valence-corrected chi connectivity index (χ3v) is 4.35. The Hall–Kier alpha value is -1.98. The van der Waals surface area contributed by atoms with E-state index in [1.165, 1.54) is 5.56 Å². The molecule has 0 bridgehead atoms. The highest BCUT2D eigenvalue weighted by atomic mass is 16.5. The fourth-order valence-corrected chi connectivity index (χ4v) is 3.10. The zero-order valence-corrected chi connectivity index (χ0v) is 15.2. The van der Waals surface area contributed by atoms with Crippen molar-refractivity contribution < 1.29 is 4.74 Å². The molecule has 1 aliphatic heterocycles.